The second-order valence-electron chi connectivity index (χ2n) is 6.71. The molecule has 2 aromatic heterocycles. The molecule has 1 unspecified atom stereocenters. The first-order valence-corrected chi connectivity index (χ1v) is 11.1. The predicted octanol–water partition coefficient (Wildman–Crippen LogP) is 3.83. The van der Waals surface area contributed by atoms with Gasteiger partial charge in [-0.2, -0.15) is 5.26 Å². The Hall–Kier alpha value is -3.61. The second kappa shape index (κ2) is 8.63. The number of hydrogen-bond donors (Lipinski definition) is 2. The van der Waals surface area contributed by atoms with Crippen molar-refractivity contribution in [3.8, 4) is 17.2 Å². The van der Waals surface area contributed by atoms with E-state index in [-0.39, 0.29) is 16.6 Å². The van der Waals surface area contributed by atoms with Crippen LogP contribution in [0.4, 0.5) is 5.69 Å². The summed E-state index contributed by atoms with van der Waals surface area (Å²) in [6, 6.07) is 18.3. The highest BCUT2D eigenvalue weighted by Gasteiger charge is 2.21. The molecule has 0 aliphatic carbocycles. The zero-order chi connectivity index (χ0) is 22.0. The molecule has 0 aliphatic heterocycles. The lowest BCUT2D eigenvalue weighted by atomic mass is 10.1. The van der Waals surface area contributed by atoms with Gasteiger partial charge >= 0.3 is 0 Å². The van der Waals surface area contributed by atoms with Gasteiger partial charge in [-0.05, 0) is 30.7 Å². The number of carbonyl (C=O) groups is 1. The molecule has 0 saturated heterocycles. The number of benzene rings is 2. The van der Waals surface area contributed by atoms with E-state index in [1.807, 2.05) is 41.8 Å². The minimum absolute atomic E-state index is 0.257. The van der Waals surface area contributed by atoms with Gasteiger partial charge in [-0.1, -0.05) is 48.2 Å². The van der Waals surface area contributed by atoms with Crippen LogP contribution in [0.2, 0.25) is 0 Å². The van der Waals surface area contributed by atoms with E-state index in [1.165, 1.54) is 11.3 Å². The predicted molar refractivity (Wildman–Crippen MR) is 125 cm³/mol. The highest BCUT2D eigenvalue weighted by Crippen LogP contribution is 2.32. The Balaban J connectivity index is 1.60. The van der Waals surface area contributed by atoms with Gasteiger partial charge < -0.3 is 11.2 Å². The number of nitrogens with two attached hydrogens (primary N) is 1. The second-order valence-corrected chi connectivity index (χ2v) is 8.87. The van der Waals surface area contributed by atoms with E-state index in [4.69, 9.17) is 11.1 Å². The number of thiophene rings is 1. The number of hydrogen-bond acceptors (Lipinski definition) is 7. The third-order valence-electron chi connectivity index (χ3n) is 4.60. The van der Waals surface area contributed by atoms with Gasteiger partial charge in [0.1, 0.15) is 4.83 Å². The minimum atomic E-state index is -0.571. The molecule has 3 N–H and O–H groups in total. The van der Waals surface area contributed by atoms with Gasteiger partial charge in [0.05, 0.1) is 22.3 Å². The molecule has 154 valence electrons. The van der Waals surface area contributed by atoms with Crippen LogP contribution in [0.3, 0.4) is 0 Å². The van der Waals surface area contributed by atoms with Crippen molar-refractivity contribution in [3.63, 3.8) is 0 Å². The van der Waals surface area contributed by atoms with Gasteiger partial charge in [-0.3, -0.25) is 9.59 Å². The van der Waals surface area contributed by atoms with E-state index in [1.54, 1.807) is 31.2 Å². The number of carbonyl (C=O) groups excluding carboxylic acids is 1. The van der Waals surface area contributed by atoms with Gasteiger partial charge in [0.25, 0.3) is 5.56 Å². The standard InChI is InChI=1S/C22H17N5O2S2/c1-13(19(28)25-16-9-5-6-14(10-16)11-23)31-22-26-20-18(21(29)27(22)24)17(12-30-20)15-7-3-2-4-8-15/h2-10,12-13H,24H2,1H3,(H,25,28). The van der Waals surface area contributed by atoms with Gasteiger partial charge in [-0.25, -0.2) is 9.66 Å². The van der Waals surface area contributed by atoms with E-state index in [0.717, 1.165) is 27.6 Å². The lowest BCUT2D eigenvalue weighted by Gasteiger charge is -2.13. The molecule has 1 atom stereocenters. The minimum Gasteiger partial charge on any atom is -0.334 e. The summed E-state index contributed by atoms with van der Waals surface area (Å²) >= 11 is 2.46. The fraction of sp³-hybridized carbons (Fsp3) is 0.0909. The maximum absolute atomic E-state index is 13.0. The van der Waals surface area contributed by atoms with Crippen LogP contribution in [-0.4, -0.2) is 20.8 Å². The van der Waals surface area contributed by atoms with Crippen molar-refractivity contribution >= 4 is 44.9 Å². The van der Waals surface area contributed by atoms with Crippen molar-refractivity contribution in [2.45, 2.75) is 17.3 Å². The molecule has 0 spiro atoms. The molecule has 7 nitrogen and oxygen atoms in total. The Bertz CT molecular complexity index is 1370. The third-order valence-corrected chi connectivity index (χ3v) is 6.54. The first kappa shape index (κ1) is 20.7. The molecule has 31 heavy (non-hydrogen) atoms. The number of amides is 1. The smallest absolute Gasteiger partial charge is 0.282 e. The van der Waals surface area contributed by atoms with E-state index in [9.17, 15) is 9.59 Å². The van der Waals surface area contributed by atoms with E-state index >= 15 is 0 Å². The topological polar surface area (TPSA) is 114 Å². The number of thioether (sulfide) groups is 1. The average molecular weight is 448 g/mol. The summed E-state index contributed by atoms with van der Waals surface area (Å²) in [5.41, 5.74) is 2.32. The van der Waals surface area contributed by atoms with Gasteiger partial charge in [0, 0.05) is 16.6 Å². The van der Waals surface area contributed by atoms with Crippen LogP contribution in [0.15, 0.2) is 69.9 Å². The third kappa shape index (κ3) is 4.17. The first-order chi connectivity index (χ1) is 15.0. The molecule has 2 heterocycles. The Morgan fingerprint density at radius 2 is 2.03 bits per heavy atom. The van der Waals surface area contributed by atoms with Crippen LogP contribution in [0.1, 0.15) is 12.5 Å². The molecular weight excluding hydrogens is 430 g/mol. The zero-order valence-corrected chi connectivity index (χ0v) is 18.0. The van der Waals surface area contributed by atoms with Crippen LogP contribution in [-0.2, 0) is 4.79 Å². The van der Waals surface area contributed by atoms with Crippen molar-refractivity contribution in [1.29, 1.82) is 5.26 Å². The highest BCUT2D eigenvalue weighted by atomic mass is 32.2. The molecule has 0 saturated carbocycles. The summed E-state index contributed by atoms with van der Waals surface area (Å²) in [5.74, 6) is 5.76. The molecule has 0 aliphatic rings. The first-order valence-electron chi connectivity index (χ1n) is 9.30. The Morgan fingerprint density at radius 3 is 2.77 bits per heavy atom. The number of nitrogens with zero attached hydrogens (tertiary/aromatic N) is 3. The normalized spacial score (nSPS) is 11.7. The summed E-state index contributed by atoms with van der Waals surface area (Å²) in [6.45, 7) is 1.70. The highest BCUT2D eigenvalue weighted by molar-refractivity contribution is 8.00. The van der Waals surface area contributed by atoms with Crippen LogP contribution < -0.4 is 16.7 Å². The van der Waals surface area contributed by atoms with Gasteiger partial charge in [0.15, 0.2) is 5.16 Å². The van der Waals surface area contributed by atoms with E-state index in [2.05, 4.69) is 10.3 Å². The monoisotopic (exact) mass is 447 g/mol. The number of rotatable bonds is 5. The number of nitrogens with one attached hydrogen (secondary N) is 1. The number of nitriles is 1. The van der Waals surface area contributed by atoms with Crippen molar-refractivity contribution in [3.05, 3.63) is 75.9 Å². The molecule has 4 aromatic rings. The summed E-state index contributed by atoms with van der Waals surface area (Å²) in [6.07, 6.45) is 0. The Kier molecular flexibility index (Phi) is 5.75. The van der Waals surface area contributed by atoms with Gasteiger partial charge in [-0.15, -0.1) is 11.3 Å². The average Bonchev–Trinajstić information content (AvgIpc) is 3.22. The number of nitrogen functional groups attached to an aromatic ring is 1. The summed E-state index contributed by atoms with van der Waals surface area (Å²) in [5, 5.41) is 13.8. The van der Waals surface area contributed by atoms with Crippen molar-refractivity contribution in [2.75, 3.05) is 11.2 Å². The lowest BCUT2D eigenvalue weighted by Crippen LogP contribution is -2.31. The van der Waals surface area contributed by atoms with Crippen LogP contribution in [0.5, 0.6) is 0 Å². The van der Waals surface area contributed by atoms with Crippen LogP contribution in [0, 0.1) is 11.3 Å². The maximum atomic E-state index is 13.0. The Morgan fingerprint density at radius 1 is 1.26 bits per heavy atom. The fourth-order valence-corrected chi connectivity index (χ4v) is 4.84. The van der Waals surface area contributed by atoms with Crippen molar-refractivity contribution in [1.82, 2.24) is 9.66 Å². The van der Waals surface area contributed by atoms with E-state index < -0.39 is 5.25 Å². The number of anilines is 1. The fourth-order valence-electron chi connectivity index (χ4n) is 3.02. The van der Waals surface area contributed by atoms with Crippen molar-refractivity contribution in [2.24, 2.45) is 0 Å². The molecule has 9 heteroatoms. The SMILES string of the molecule is CC(Sc1nc2scc(-c3ccccc3)c2c(=O)n1N)C(=O)Nc1cccc(C#N)c1. The summed E-state index contributed by atoms with van der Waals surface area (Å²) < 4.78 is 0.992. The molecule has 2 aromatic carbocycles. The molecule has 1 amide bonds. The summed E-state index contributed by atoms with van der Waals surface area (Å²) in [7, 11) is 0. The molecule has 0 radical (unpaired) electrons. The lowest BCUT2D eigenvalue weighted by molar-refractivity contribution is -0.115. The number of aromatic nitrogens is 2. The Labute approximate surface area is 186 Å². The van der Waals surface area contributed by atoms with E-state index in [0.29, 0.717) is 21.5 Å². The quantitative estimate of drug-likeness (QED) is 0.273. The molecule has 0 fully saturated rings. The zero-order valence-electron chi connectivity index (χ0n) is 16.4. The molecular formula is C22H17N5O2S2. The van der Waals surface area contributed by atoms with Crippen molar-refractivity contribution < 1.29 is 4.79 Å². The summed E-state index contributed by atoms with van der Waals surface area (Å²) in [4.78, 5) is 30.7. The maximum Gasteiger partial charge on any atom is 0.282 e. The van der Waals surface area contributed by atoms with Gasteiger partial charge in [0.2, 0.25) is 5.91 Å². The van der Waals surface area contributed by atoms with Crippen LogP contribution in [0.25, 0.3) is 21.3 Å². The van der Waals surface area contributed by atoms with Crippen LogP contribution >= 0.6 is 23.1 Å². The molecule has 0 bridgehead atoms. The largest absolute Gasteiger partial charge is 0.334 e. The molecule has 4 rings (SSSR count). The number of fused-ring (bicyclic) bond motifs is 1.